The number of amides is 1. The number of ether oxygens (including phenoxy) is 1. The van der Waals surface area contributed by atoms with Gasteiger partial charge in [0.2, 0.25) is 0 Å². The molecule has 17 heavy (non-hydrogen) atoms. The zero-order valence-electron chi connectivity index (χ0n) is 10.5. The van der Waals surface area contributed by atoms with Crippen molar-refractivity contribution in [3.8, 4) is 0 Å². The molecular weight excluding hydrogens is 220 g/mol. The summed E-state index contributed by atoms with van der Waals surface area (Å²) in [5.74, 6) is 0. The van der Waals surface area contributed by atoms with Gasteiger partial charge >= 0.3 is 6.09 Å². The first-order chi connectivity index (χ1) is 8.15. The Bertz CT molecular complexity index is 266. The van der Waals surface area contributed by atoms with Crippen LogP contribution in [-0.4, -0.2) is 65.9 Å². The highest BCUT2D eigenvalue weighted by atomic mass is 16.6. The molecule has 2 atom stereocenters. The molecule has 0 aromatic rings. The maximum atomic E-state index is 11.7. The molecule has 1 N–H and O–H groups in total. The minimum atomic E-state index is -0.320. The van der Waals surface area contributed by atoms with Gasteiger partial charge in [0, 0.05) is 26.2 Å². The third-order valence-corrected chi connectivity index (χ3v) is 3.37. The largest absolute Gasteiger partial charge is 0.445 e. The van der Waals surface area contributed by atoms with E-state index in [9.17, 15) is 9.90 Å². The highest BCUT2D eigenvalue weighted by Crippen LogP contribution is 2.16. The van der Waals surface area contributed by atoms with Crippen molar-refractivity contribution in [2.75, 3.05) is 32.7 Å². The second kappa shape index (κ2) is 5.69. The van der Waals surface area contributed by atoms with Crippen LogP contribution in [0.3, 0.4) is 0 Å². The van der Waals surface area contributed by atoms with E-state index in [1.807, 2.05) is 0 Å². The van der Waals surface area contributed by atoms with Gasteiger partial charge in [-0.15, -0.1) is 0 Å². The second-order valence-corrected chi connectivity index (χ2v) is 5.10. The summed E-state index contributed by atoms with van der Waals surface area (Å²) in [4.78, 5) is 15.6. The lowest BCUT2D eigenvalue weighted by atomic mass is 10.1. The fraction of sp³-hybridized carbons (Fsp3) is 0.917. The minimum absolute atomic E-state index is 0.00407. The number of piperidine rings is 1. The molecule has 0 aliphatic carbocycles. The van der Waals surface area contributed by atoms with Crippen LogP contribution in [0.2, 0.25) is 0 Å². The van der Waals surface area contributed by atoms with Crippen LogP contribution < -0.4 is 0 Å². The number of hydrogen-bond acceptors (Lipinski definition) is 4. The molecule has 5 nitrogen and oxygen atoms in total. The van der Waals surface area contributed by atoms with E-state index >= 15 is 0 Å². The standard InChI is InChI=1S/C12H22N2O3/c1-10(15)8-13-5-2-4-11(9-13)17-12(16)14-6-3-7-14/h10-11,15H,2-9H2,1H3/t10-,11+/m0/s1. The molecule has 2 aliphatic rings. The molecule has 0 aromatic carbocycles. The lowest BCUT2D eigenvalue weighted by Gasteiger charge is -2.36. The molecule has 2 heterocycles. The molecule has 0 aromatic heterocycles. The van der Waals surface area contributed by atoms with Gasteiger partial charge in [-0.1, -0.05) is 0 Å². The Labute approximate surface area is 102 Å². The molecule has 2 fully saturated rings. The normalized spacial score (nSPS) is 27.4. The summed E-state index contributed by atoms with van der Waals surface area (Å²) in [6.07, 6.45) is 2.57. The van der Waals surface area contributed by atoms with E-state index < -0.39 is 0 Å². The highest BCUT2D eigenvalue weighted by Gasteiger charge is 2.27. The van der Waals surface area contributed by atoms with Crippen molar-refractivity contribution in [1.82, 2.24) is 9.80 Å². The van der Waals surface area contributed by atoms with Crippen molar-refractivity contribution < 1.29 is 14.6 Å². The molecule has 0 radical (unpaired) electrons. The van der Waals surface area contributed by atoms with Gasteiger partial charge in [-0.3, -0.25) is 4.90 Å². The zero-order chi connectivity index (χ0) is 12.3. The van der Waals surface area contributed by atoms with Crippen molar-refractivity contribution >= 4 is 6.09 Å². The fourth-order valence-corrected chi connectivity index (χ4v) is 2.36. The van der Waals surface area contributed by atoms with Crippen molar-refractivity contribution in [1.29, 1.82) is 0 Å². The van der Waals surface area contributed by atoms with Gasteiger partial charge < -0.3 is 14.7 Å². The van der Waals surface area contributed by atoms with Crippen molar-refractivity contribution in [3.63, 3.8) is 0 Å². The summed E-state index contributed by atoms with van der Waals surface area (Å²) in [5, 5.41) is 9.35. The first kappa shape index (κ1) is 12.6. The lowest BCUT2D eigenvalue weighted by Crippen LogP contribution is -2.47. The van der Waals surface area contributed by atoms with E-state index in [0.29, 0.717) is 6.54 Å². The van der Waals surface area contributed by atoms with Crippen molar-refractivity contribution in [2.24, 2.45) is 0 Å². The van der Waals surface area contributed by atoms with E-state index in [2.05, 4.69) is 4.90 Å². The van der Waals surface area contributed by atoms with Crippen LogP contribution in [0.5, 0.6) is 0 Å². The number of aliphatic hydroxyl groups is 1. The summed E-state index contributed by atoms with van der Waals surface area (Å²) in [7, 11) is 0. The van der Waals surface area contributed by atoms with Crippen LogP contribution in [0.1, 0.15) is 26.2 Å². The maximum absolute atomic E-state index is 11.7. The summed E-state index contributed by atoms with van der Waals surface area (Å²) in [6, 6.07) is 0. The fourth-order valence-electron chi connectivity index (χ4n) is 2.36. The predicted octanol–water partition coefficient (Wildman–Crippen LogP) is 0.674. The van der Waals surface area contributed by atoms with Gasteiger partial charge in [-0.05, 0) is 32.7 Å². The molecule has 2 rings (SSSR count). The third kappa shape index (κ3) is 3.57. The van der Waals surface area contributed by atoms with Gasteiger partial charge in [0.25, 0.3) is 0 Å². The van der Waals surface area contributed by atoms with Gasteiger partial charge in [0.1, 0.15) is 6.10 Å². The van der Waals surface area contributed by atoms with Crippen molar-refractivity contribution in [3.05, 3.63) is 0 Å². The Hall–Kier alpha value is -0.810. The van der Waals surface area contributed by atoms with Gasteiger partial charge in [0.05, 0.1) is 6.10 Å². The Morgan fingerprint density at radius 3 is 2.76 bits per heavy atom. The van der Waals surface area contributed by atoms with Gasteiger partial charge in [-0.2, -0.15) is 0 Å². The van der Waals surface area contributed by atoms with Crippen LogP contribution in [0.25, 0.3) is 0 Å². The SMILES string of the molecule is C[C@H](O)CN1CCC[C@@H](OC(=O)N2CCC2)C1. The van der Waals surface area contributed by atoms with Gasteiger partial charge in [-0.25, -0.2) is 4.79 Å². The average Bonchev–Trinajstić information content (AvgIpc) is 2.13. The summed E-state index contributed by atoms with van der Waals surface area (Å²) >= 11 is 0. The van der Waals surface area contributed by atoms with E-state index in [1.165, 1.54) is 0 Å². The number of carbonyl (C=O) groups excluding carboxylic acids is 1. The molecule has 5 heteroatoms. The molecule has 0 bridgehead atoms. The summed E-state index contributed by atoms with van der Waals surface area (Å²) in [5.41, 5.74) is 0. The number of rotatable bonds is 3. The van der Waals surface area contributed by atoms with E-state index in [4.69, 9.17) is 4.74 Å². The topological polar surface area (TPSA) is 53.0 Å². The number of likely N-dealkylation sites (tertiary alicyclic amines) is 2. The monoisotopic (exact) mass is 242 g/mol. The molecular formula is C12H22N2O3. The lowest BCUT2D eigenvalue weighted by molar-refractivity contribution is 0.00339. The highest BCUT2D eigenvalue weighted by molar-refractivity contribution is 5.68. The third-order valence-electron chi connectivity index (χ3n) is 3.37. The first-order valence-electron chi connectivity index (χ1n) is 6.51. The van der Waals surface area contributed by atoms with E-state index in [1.54, 1.807) is 11.8 Å². The number of nitrogens with zero attached hydrogens (tertiary/aromatic N) is 2. The van der Waals surface area contributed by atoms with Crippen LogP contribution >= 0.6 is 0 Å². The molecule has 0 unspecified atom stereocenters. The molecule has 0 saturated carbocycles. The van der Waals surface area contributed by atoms with Crippen molar-refractivity contribution in [2.45, 2.75) is 38.4 Å². The van der Waals surface area contributed by atoms with Crippen LogP contribution in [0.15, 0.2) is 0 Å². The quantitative estimate of drug-likeness (QED) is 0.790. The molecule has 1 amide bonds. The van der Waals surface area contributed by atoms with E-state index in [0.717, 1.165) is 45.4 Å². The second-order valence-electron chi connectivity index (χ2n) is 5.10. The smallest absolute Gasteiger partial charge is 0.410 e. The average molecular weight is 242 g/mol. The van der Waals surface area contributed by atoms with Gasteiger partial charge in [0.15, 0.2) is 0 Å². The summed E-state index contributed by atoms with van der Waals surface area (Å²) in [6.45, 7) is 5.87. The molecule has 2 saturated heterocycles. The first-order valence-corrected chi connectivity index (χ1v) is 6.51. The Balaban J connectivity index is 1.74. The summed E-state index contributed by atoms with van der Waals surface area (Å²) < 4.78 is 5.47. The van der Waals surface area contributed by atoms with Crippen LogP contribution in [-0.2, 0) is 4.74 Å². The Morgan fingerprint density at radius 2 is 2.18 bits per heavy atom. The number of carbonyl (C=O) groups is 1. The Kier molecular flexibility index (Phi) is 4.23. The maximum Gasteiger partial charge on any atom is 0.410 e. The number of β-amino-alcohol motifs (C(OH)–C–C–N with tert-alkyl or cyclic N) is 1. The molecule has 98 valence electrons. The molecule has 0 spiro atoms. The zero-order valence-corrected chi connectivity index (χ0v) is 10.5. The number of aliphatic hydroxyl groups excluding tert-OH is 1. The Morgan fingerprint density at radius 1 is 1.41 bits per heavy atom. The van der Waals surface area contributed by atoms with Crippen LogP contribution in [0, 0.1) is 0 Å². The van der Waals surface area contributed by atoms with E-state index in [-0.39, 0.29) is 18.3 Å². The van der Waals surface area contributed by atoms with Crippen LogP contribution in [0.4, 0.5) is 4.79 Å². The predicted molar refractivity (Wildman–Crippen MR) is 63.8 cm³/mol. The molecule has 2 aliphatic heterocycles. The minimum Gasteiger partial charge on any atom is -0.445 e. The number of hydrogen-bond donors (Lipinski definition) is 1.